The zero-order valence-electron chi connectivity index (χ0n) is 11.3. The Morgan fingerprint density at radius 2 is 2.15 bits per heavy atom. The number of aryl methyl sites for hydroxylation is 1. The van der Waals surface area contributed by atoms with Crippen molar-refractivity contribution in [1.82, 2.24) is 15.3 Å². The van der Waals surface area contributed by atoms with Crippen LogP contribution in [0.25, 0.3) is 0 Å². The van der Waals surface area contributed by atoms with E-state index in [0.29, 0.717) is 23.9 Å². The van der Waals surface area contributed by atoms with E-state index in [4.69, 9.17) is 4.74 Å². The molecule has 0 spiro atoms. The highest BCUT2D eigenvalue weighted by Gasteiger charge is 2.21. The van der Waals surface area contributed by atoms with Crippen LogP contribution in [0.2, 0.25) is 0 Å². The average Bonchev–Trinajstić information content (AvgIpc) is 3.26. The summed E-state index contributed by atoms with van der Waals surface area (Å²) in [6.07, 6.45) is 5.46. The molecule has 2 heterocycles. The first-order chi connectivity index (χ1) is 9.72. The van der Waals surface area contributed by atoms with Gasteiger partial charge in [0, 0.05) is 30.0 Å². The molecule has 3 rings (SSSR count). The Hall–Kier alpha value is -2.01. The second kappa shape index (κ2) is 5.54. The van der Waals surface area contributed by atoms with Crippen LogP contribution in [0.3, 0.4) is 0 Å². The van der Waals surface area contributed by atoms with Crippen LogP contribution in [-0.4, -0.2) is 16.0 Å². The van der Waals surface area contributed by atoms with Gasteiger partial charge in [-0.05, 0) is 38.0 Å². The number of aromatic nitrogens is 2. The molecule has 5 heteroatoms. The van der Waals surface area contributed by atoms with Crippen molar-refractivity contribution < 1.29 is 9.13 Å². The second-order valence-corrected chi connectivity index (χ2v) is 4.98. The Labute approximate surface area is 117 Å². The Morgan fingerprint density at radius 1 is 1.30 bits per heavy atom. The van der Waals surface area contributed by atoms with Gasteiger partial charge in [0.25, 0.3) is 5.88 Å². The second-order valence-electron chi connectivity index (χ2n) is 4.98. The number of ether oxygens (including phenoxy) is 1. The molecule has 1 aliphatic rings. The lowest BCUT2D eigenvalue weighted by Crippen LogP contribution is -2.16. The first kappa shape index (κ1) is 13.0. The molecule has 0 atom stereocenters. The molecule has 1 N–H and O–H groups in total. The highest BCUT2D eigenvalue weighted by atomic mass is 19.1. The third kappa shape index (κ3) is 3.11. The first-order valence-corrected chi connectivity index (χ1v) is 6.69. The molecule has 1 aliphatic carbocycles. The van der Waals surface area contributed by atoms with Crippen LogP contribution >= 0.6 is 0 Å². The molecule has 0 bridgehead atoms. The van der Waals surface area contributed by atoms with Gasteiger partial charge < -0.3 is 10.1 Å². The monoisotopic (exact) mass is 273 g/mol. The van der Waals surface area contributed by atoms with Crippen molar-refractivity contribution in [3.05, 3.63) is 47.7 Å². The van der Waals surface area contributed by atoms with Gasteiger partial charge in [0.15, 0.2) is 5.82 Å². The van der Waals surface area contributed by atoms with Gasteiger partial charge in [0.1, 0.15) is 5.75 Å². The molecule has 0 unspecified atom stereocenters. The zero-order valence-corrected chi connectivity index (χ0v) is 11.3. The minimum Gasteiger partial charge on any atom is -0.435 e. The van der Waals surface area contributed by atoms with Crippen LogP contribution in [-0.2, 0) is 6.54 Å². The van der Waals surface area contributed by atoms with Gasteiger partial charge in [-0.3, -0.25) is 4.98 Å². The molecule has 104 valence electrons. The summed E-state index contributed by atoms with van der Waals surface area (Å²) >= 11 is 0. The minimum atomic E-state index is -0.416. The molecule has 2 aromatic rings. The summed E-state index contributed by atoms with van der Waals surface area (Å²) in [6, 6.07) is 5.77. The Balaban J connectivity index is 1.74. The van der Waals surface area contributed by atoms with Gasteiger partial charge in [-0.1, -0.05) is 0 Å². The van der Waals surface area contributed by atoms with E-state index in [-0.39, 0.29) is 5.88 Å². The molecular formula is C15H16FN3O. The van der Waals surface area contributed by atoms with Gasteiger partial charge in [0.2, 0.25) is 0 Å². The van der Waals surface area contributed by atoms with Gasteiger partial charge in [0.05, 0.1) is 6.20 Å². The fraction of sp³-hybridized carbons (Fsp3) is 0.333. The van der Waals surface area contributed by atoms with E-state index < -0.39 is 5.82 Å². The summed E-state index contributed by atoms with van der Waals surface area (Å²) in [5, 5.41) is 3.28. The fourth-order valence-corrected chi connectivity index (χ4v) is 1.84. The predicted molar refractivity (Wildman–Crippen MR) is 73.1 cm³/mol. The van der Waals surface area contributed by atoms with E-state index in [2.05, 4.69) is 15.3 Å². The summed E-state index contributed by atoms with van der Waals surface area (Å²) in [6.45, 7) is 2.38. The molecular weight excluding hydrogens is 257 g/mol. The maximum absolute atomic E-state index is 14.3. The van der Waals surface area contributed by atoms with Gasteiger partial charge in [-0.15, -0.1) is 0 Å². The number of nitrogens with one attached hydrogen (secondary N) is 1. The number of halogens is 1. The Bertz CT molecular complexity index is 597. The number of pyridine rings is 2. The molecule has 1 saturated carbocycles. The standard InChI is InChI=1S/C15H16FN3O/c1-10-2-5-13(9-18-10)20-15-14(16)11(6-7-17-15)8-19-12-3-4-12/h2,5-7,9,12,19H,3-4,8H2,1H3. The van der Waals surface area contributed by atoms with Crippen molar-refractivity contribution in [3.8, 4) is 11.6 Å². The van der Waals surface area contributed by atoms with Crippen LogP contribution in [0, 0.1) is 12.7 Å². The lowest BCUT2D eigenvalue weighted by atomic mass is 10.2. The van der Waals surface area contributed by atoms with Crippen molar-refractivity contribution in [2.45, 2.75) is 32.4 Å². The molecule has 0 radical (unpaired) electrons. The lowest BCUT2D eigenvalue weighted by Gasteiger charge is -2.09. The third-order valence-electron chi connectivity index (χ3n) is 3.19. The van der Waals surface area contributed by atoms with Crippen molar-refractivity contribution in [1.29, 1.82) is 0 Å². The summed E-state index contributed by atoms with van der Waals surface area (Å²) in [4.78, 5) is 8.05. The molecule has 2 aromatic heterocycles. The summed E-state index contributed by atoms with van der Waals surface area (Å²) in [7, 11) is 0. The van der Waals surface area contributed by atoms with Gasteiger partial charge in [-0.25, -0.2) is 9.37 Å². The predicted octanol–water partition coefficient (Wildman–Crippen LogP) is 2.97. The number of rotatable bonds is 5. The van der Waals surface area contributed by atoms with E-state index in [1.165, 1.54) is 12.8 Å². The van der Waals surface area contributed by atoms with Crippen LogP contribution in [0.15, 0.2) is 30.6 Å². The van der Waals surface area contributed by atoms with Crippen molar-refractivity contribution >= 4 is 0 Å². The highest BCUT2D eigenvalue weighted by Crippen LogP contribution is 2.25. The van der Waals surface area contributed by atoms with E-state index in [1.807, 2.05) is 13.0 Å². The van der Waals surface area contributed by atoms with Crippen molar-refractivity contribution in [3.63, 3.8) is 0 Å². The summed E-state index contributed by atoms with van der Waals surface area (Å²) in [5.74, 6) is 0.0567. The molecule has 0 aromatic carbocycles. The van der Waals surface area contributed by atoms with E-state index in [0.717, 1.165) is 5.69 Å². The first-order valence-electron chi connectivity index (χ1n) is 6.69. The van der Waals surface area contributed by atoms with Crippen LogP contribution in [0.5, 0.6) is 11.6 Å². The molecule has 0 amide bonds. The summed E-state index contributed by atoms with van der Waals surface area (Å²) in [5.41, 5.74) is 1.45. The maximum atomic E-state index is 14.3. The number of nitrogens with zero attached hydrogens (tertiary/aromatic N) is 2. The van der Waals surface area contributed by atoms with E-state index in [9.17, 15) is 4.39 Å². The summed E-state index contributed by atoms with van der Waals surface area (Å²) < 4.78 is 19.7. The Kier molecular flexibility index (Phi) is 3.60. The van der Waals surface area contributed by atoms with Crippen LogP contribution in [0.1, 0.15) is 24.1 Å². The average molecular weight is 273 g/mol. The normalized spacial score (nSPS) is 14.3. The largest absolute Gasteiger partial charge is 0.435 e. The van der Waals surface area contributed by atoms with Crippen molar-refractivity contribution in [2.24, 2.45) is 0 Å². The molecule has 4 nitrogen and oxygen atoms in total. The van der Waals surface area contributed by atoms with Gasteiger partial charge >= 0.3 is 0 Å². The quantitative estimate of drug-likeness (QED) is 0.909. The molecule has 0 aliphatic heterocycles. The number of hydrogen-bond donors (Lipinski definition) is 1. The fourth-order valence-electron chi connectivity index (χ4n) is 1.84. The zero-order chi connectivity index (χ0) is 13.9. The van der Waals surface area contributed by atoms with E-state index in [1.54, 1.807) is 24.5 Å². The van der Waals surface area contributed by atoms with Crippen molar-refractivity contribution in [2.75, 3.05) is 0 Å². The third-order valence-corrected chi connectivity index (χ3v) is 3.19. The number of hydrogen-bond acceptors (Lipinski definition) is 4. The smallest absolute Gasteiger partial charge is 0.256 e. The molecule has 20 heavy (non-hydrogen) atoms. The molecule has 0 saturated heterocycles. The van der Waals surface area contributed by atoms with Crippen LogP contribution in [0.4, 0.5) is 4.39 Å². The van der Waals surface area contributed by atoms with E-state index >= 15 is 0 Å². The lowest BCUT2D eigenvalue weighted by molar-refractivity contribution is 0.415. The molecule has 1 fully saturated rings. The van der Waals surface area contributed by atoms with Crippen LogP contribution < -0.4 is 10.1 Å². The minimum absolute atomic E-state index is 0.00856. The van der Waals surface area contributed by atoms with Gasteiger partial charge in [-0.2, -0.15) is 0 Å². The highest BCUT2D eigenvalue weighted by molar-refractivity contribution is 5.29. The SMILES string of the molecule is Cc1ccc(Oc2nccc(CNC3CC3)c2F)cn1. The maximum Gasteiger partial charge on any atom is 0.256 e. The Morgan fingerprint density at radius 3 is 2.85 bits per heavy atom. The topological polar surface area (TPSA) is 47.0 Å².